The molecule has 0 amide bonds. The summed E-state index contributed by atoms with van der Waals surface area (Å²) in [4.78, 5) is 2.54. The molecule has 0 spiro atoms. The van der Waals surface area contributed by atoms with E-state index in [9.17, 15) is 0 Å². The molecule has 3 nitrogen and oxygen atoms in total. The van der Waals surface area contributed by atoms with Crippen molar-refractivity contribution in [2.75, 3.05) is 33.4 Å². The molecule has 1 aliphatic rings. The summed E-state index contributed by atoms with van der Waals surface area (Å²) in [6.07, 6.45) is 0. The first-order chi connectivity index (χ1) is 7.27. The first-order valence-corrected chi connectivity index (χ1v) is 6.27. The first-order valence-electron chi connectivity index (χ1n) is 6.27. The van der Waals surface area contributed by atoms with Crippen molar-refractivity contribution in [3.05, 3.63) is 0 Å². The van der Waals surface area contributed by atoms with Crippen molar-refractivity contribution in [3.63, 3.8) is 0 Å². The molecule has 1 aliphatic heterocycles. The molecule has 1 heterocycles. The number of hydrogen-bond donors (Lipinski definition) is 1. The van der Waals surface area contributed by atoms with E-state index in [1.165, 1.54) is 0 Å². The Labute approximate surface area is 101 Å². The summed E-state index contributed by atoms with van der Waals surface area (Å²) >= 11 is 0. The maximum Gasteiger partial charge on any atom is 0.0645 e. The van der Waals surface area contributed by atoms with Gasteiger partial charge in [-0.25, -0.2) is 0 Å². The zero-order valence-electron chi connectivity index (χ0n) is 11.8. The molecule has 3 heteroatoms. The smallest absolute Gasteiger partial charge is 0.0645 e. The van der Waals surface area contributed by atoms with Crippen molar-refractivity contribution >= 4 is 0 Å². The third kappa shape index (κ3) is 3.44. The highest BCUT2D eigenvalue weighted by atomic mass is 16.5. The van der Waals surface area contributed by atoms with Crippen molar-refractivity contribution in [2.24, 2.45) is 5.41 Å². The van der Waals surface area contributed by atoms with E-state index < -0.39 is 0 Å². The average Bonchev–Trinajstić information content (AvgIpc) is 2.13. The molecule has 0 aliphatic carbocycles. The zero-order chi connectivity index (χ0) is 12.4. The van der Waals surface area contributed by atoms with Gasteiger partial charge in [-0.3, -0.25) is 4.90 Å². The second kappa shape index (κ2) is 5.03. The van der Waals surface area contributed by atoms with E-state index in [-0.39, 0.29) is 5.54 Å². The predicted octanol–water partition coefficient (Wildman–Crippen LogP) is 1.73. The van der Waals surface area contributed by atoms with Gasteiger partial charge in [-0.05, 0) is 26.3 Å². The topological polar surface area (TPSA) is 24.5 Å². The summed E-state index contributed by atoms with van der Waals surface area (Å²) in [5.41, 5.74) is 0.460. The van der Waals surface area contributed by atoms with Crippen molar-refractivity contribution in [1.82, 2.24) is 10.2 Å². The van der Waals surface area contributed by atoms with E-state index >= 15 is 0 Å². The normalized spacial score (nSPS) is 24.4. The second-order valence-corrected chi connectivity index (χ2v) is 6.52. The van der Waals surface area contributed by atoms with Crippen LogP contribution in [0.3, 0.4) is 0 Å². The largest absolute Gasteiger partial charge is 0.378 e. The van der Waals surface area contributed by atoms with E-state index in [4.69, 9.17) is 4.74 Å². The van der Waals surface area contributed by atoms with Crippen LogP contribution in [-0.4, -0.2) is 49.8 Å². The maximum absolute atomic E-state index is 5.55. The third-order valence-electron chi connectivity index (χ3n) is 3.61. The summed E-state index contributed by atoms with van der Waals surface area (Å²) in [6, 6.07) is 0.518. The number of morpholine rings is 1. The van der Waals surface area contributed by atoms with Gasteiger partial charge in [0, 0.05) is 24.7 Å². The average molecular weight is 228 g/mol. The zero-order valence-corrected chi connectivity index (χ0v) is 11.8. The summed E-state index contributed by atoms with van der Waals surface area (Å²) in [5.74, 6) is 0. The molecular weight excluding hydrogens is 200 g/mol. The molecule has 0 saturated carbocycles. The number of likely N-dealkylation sites (N-methyl/N-ethyl adjacent to an activating group) is 1. The van der Waals surface area contributed by atoms with E-state index in [0.717, 1.165) is 26.3 Å². The quantitative estimate of drug-likeness (QED) is 0.796. The van der Waals surface area contributed by atoms with Crippen LogP contribution < -0.4 is 5.32 Å². The molecule has 1 rings (SSSR count). The van der Waals surface area contributed by atoms with Crippen LogP contribution in [0.5, 0.6) is 0 Å². The highest BCUT2D eigenvalue weighted by Crippen LogP contribution is 2.24. The predicted molar refractivity (Wildman–Crippen MR) is 68.8 cm³/mol. The molecule has 1 unspecified atom stereocenters. The van der Waals surface area contributed by atoms with Crippen molar-refractivity contribution < 1.29 is 4.74 Å². The van der Waals surface area contributed by atoms with Crippen LogP contribution in [0.1, 0.15) is 34.6 Å². The summed E-state index contributed by atoms with van der Waals surface area (Å²) in [5, 5.41) is 3.44. The van der Waals surface area contributed by atoms with Gasteiger partial charge in [-0.2, -0.15) is 0 Å². The highest BCUT2D eigenvalue weighted by Gasteiger charge is 2.34. The molecule has 1 fully saturated rings. The van der Waals surface area contributed by atoms with Crippen LogP contribution >= 0.6 is 0 Å². The minimum atomic E-state index is 0.165. The van der Waals surface area contributed by atoms with Gasteiger partial charge in [0.05, 0.1) is 13.2 Å². The van der Waals surface area contributed by atoms with Gasteiger partial charge < -0.3 is 10.1 Å². The lowest BCUT2D eigenvalue weighted by Crippen LogP contribution is -2.58. The van der Waals surface area contributed by atoms with Crippen molar-refractivity contribution in [1.29, 1.82) is 0 Å². The molecule has 0 aromatic carbocycles. The van der Waals surface area contributed by atoms with Crippen molar-refractivity contribution in [3.8, 4) is 0 Å². The molecule has 0 radical (unpaired) electrons. The Morgan fingerprint density at radius 2 is 2.00 bits per heavy atom. The maximum atomic E-state index is 5.55. The fraction of sp³-hybridized carbons (Fsp3) is 1.00. The van der Waals surface area contributed by atoms with Crippen LogP contribution in [0.15, 0.2) is 0 Å². The highest BCUT2D eigenvalue weighted by molar-refractivity contribution is 4.90. The second-order valence-electron chi connectivity index (χ2n) is 6.52. The van der Waals surface area contributed by atoms with Gasteiger partial charge in [0.25, 0.3) is 0 Å². The molecule has 16 heavy (non-hydrogen) atoms. The lowest BCUT2D eigenvalue weighted by atomic mass is 9.85. The minimum Gasteiger partial charge on any atom is -0.378 e. The number of ether oxygens (including phenoxy) is 1. The van der Waals surface area contributed by atoms with Gasteiger partial charge in [-0.1, -0.05) is 20.8 Å². The van der Waals surface area contributed by atoms with Crippen LogP contribution in [0.2, 0.25) is 0 Å². The summed E-state index contributed by atoms with van der Waals surface area (Å²) < 4.78 is 5.55. The molecule has 1 atom stereocenters. The van der Waals surface area contributed by atoms with E-state index in [0.29, 0.717) is 11.5 Å². The Kier molecular flexibility index (Phi) is 4.38. The van der Waals surface area contributed by atoms with Gasteiger partial charge in [0.15, 0.2) is 0 Å². The Morgan fingerprint density at radius 1 is 1.38 bits per heavy atom. The summed E-state index contributed by atoms with van der Waals surface area (Å²) in [7, 11) is 2.06. The van der Waals surface area contributed by atoms with E-state index in [2.05, 4.69) is 51.9 Å². The molecule has 0 bridgehead atoms. The number of nitrogens with zero attached hydrogens (tertiary/aromatic N) is 1. The first kappa shape index (κ1) is 13.9. The van der Waals surface area contributed by atoms with Crippen molar-refractivity contribution in [2.45, 2.75) is 46.2 Å². The Hall–Kier alpha value is -0.120. The fourth-order valence-electron chi connectivity index (χ4n) is 2.25. The van der Waals surface area contributed by atoms with Gasteiger partial charge in [-0.15, -0.1) is 0 Å². The van der Waals surface area contributed by atoms with Crippen LogP contribution in [0, 0.1) is 5.41 Å². The SMILES string of the molecule is CNC(CN1CCOCC1(C)C)C(C)(C)C. The summed E-state index contributed by atoms with van der Waals surface area (Å²) in [6.45, 7) is 15.3. The van der Waals surface area contributed by atoms with E-state index in [1.807, 2.05) is 0 Å². The molecule has 1 saturated heterocycles. The monoisotopic (exact) mass is 228 g/mol. The Morgan fingerprint density at radius 3 is 2.44 bits per heavy atom. The number of nitrogens with one attached hydrogen (secondary N) is 1. The van der Waals surface area contributed by atoms with Crippen LogP contribution in [0.25, 0.3) is 0 Å². The van der Waals surface area contributed by atoms with Gasteiger partial charge >= 0.3 is 0 Å². The molecule has 1 N–H and O–H groups in total. The van der Waals surface area contributed by atoms with Crippen LogP contribution in [-0.2, 0) is 4.74 Å². The molecule has 0 aromatic heterocycles. The number of rotatable bonds is 3. The Bertz CT molecular complexity index is 220. The number of hydrogen-bond acceptors (Lipinski definition) is 3. The molecular formula is C13H28N2O. The lowest BCUT2D eigenvalue weighted by molar-refractivity contribution is -0.0588. The van der Waals surface area contributed by atoms with Gasteiger partial charge in [0.2, 0.25) is 0 Å². The molecule has 0 aromatic rings. The van der Waals surface area contributed by atoms with E-state index in [1.54, 1.807) is 0 Å². The van der Waals surface area contributed by atoms with Gasteiger partial charge in [0.1, 0.15) is 0 Å². The Balaban J connectivity index is 2.63. The fourth-order valence-corrected chi connectivity index (χ4v) is 2.25. The minimum absolute atomic E-state index is 0.165. The lowest BCUT2D eigenvalue weighted by Gasteiger charge is -2.45. The standard InChI is InChI=1S/C13H28N2O/c1-12(2,3)11(14-6)9-15-7-8-16-10-13(15,4)5/h11,14H,7-10H2,1-6H3. The molecule has 96 valence electrons. The third-order valence-corrected chi connectivity index (χ3v) is 3.61. The van der Waals surface area contributed by atoms with Crippen LogP contribution in [0.4, 0.5) is 0 Å².